The molecule has 1 aromatic carbocycles. The van der Waals surface area contributed by atoms with E-state index in [-0.39, 0.29) is 17.4 Å². The van der Waals surface area contributed by atoms with Crippen molar-refractivity contribution < 1.29 is 9.53 Å². The molecule has 1 saturated heterocycles. The first-order chi connectivity index (χ1) is 9.71. The second-order valence-corrected chi connectivity index (χ2v) is 6.22. The number of amides is 1. The van der Waals surface area contributed by atoms with E-state index in [2.05, 4.69) is 5.32 Å². The van der Waals surface area contributed by atoms with Crippen LogP contribution in [0.4, 0.5) is 0 Å². The van der Waals surface area contributed by atoms with Crippen LogP contribution in [0.3, 0.4) is 0 Å². The Kier molecular flexibility index (Phi) is 3.99. The van der Waals surface area contributed by atoms with E-state index in [9.17, 15) is 4.79 Å². The van der Waals surface area contributed by atoms with E-state index < -0.39 is 0 Å². The first-order valence-corrected chi connectivity index (χ1v) is 7.74. The van der Waals surface area contributed by atoms with Crippen LogP contribution < -0.4 is 5.32 Å². The Balaban J connectivity index is 1.68. The van der Waals surface area contributed by atoms with Crippen LogP contribution in [0.2, 0.25) is 5.02 Å². The van der Waals surface area contributed by atoms with Gasteiger partial charge in [-0.1, -0.05) is 30.2 Å². The second kappa shape index (κ2) is 5.74. The monoisotopic (exact) mass is 293 g/mol. The summed E-state index contributed by atoms with van der Waals surface area (Å²) in [6, 6.07) is 7.69. The lowest BCUT2D eigenvalue weighted by Crippen LogP contribution is -2.50. The van der Waals surface area contributed by atoms with Crippen molar-refractivity contribution in [3.05, 3.63) is 34.9 Å². The number of rotatable bonds is 4. The highest BCUT2D eigenvalue weighted by atomic mass is 35.5. The summed E-state index contributed by atoms with van der Waals surface area (Å²) < 4.78 is 5.56. The number of carbonyl (C=O) groups excluding carboxylic acids is 1. The van der Waals surface area contributed by atoms with Gasteiger partial charge in [-0.25, -0.2) is 0 Å². The van der Waals surface area contributed by atoms with Crippen molar-refractivity contribution in [2.45, 2.75) is 43.6 Å². The van der Waals surface area contributed by atoms with Crippen molar-refractivity contribution >= 4 is 17.5 Å². The summed E-state index contributed by atoms with van der Waals surface area (Å²) in [4.78, 5) is 12.6. The van der Waals surface area contributed by atoms with Crippen LogP contribution in [-0.4, -0.2) is 25.2 Å². The number of hydrogen-bond acceptors (Lipinski definition) is 2. The second-order valence-electron chi connectivity index (χ2n) is 5.79. The molecule has 0 spiro atoms. The Bertz CT molecular complexity index is 476. The molecule has 0 bridgehead atoms. The van der Waals surface area contributed by atoms with Gasteiger partial charge in [-0.05, 0) is 43.4 Å². The number of ether oxygens (including phenoxy) is 1. The van der Waals surface area contributed by atoms with Crippen molar-refractivity contribution in [1.29, 1.82) is 0 Å². The highest BCUT2D eigenvalue weighted by Gasteiger charge is 2.45. The molecule has 1 aliphatic carbocycles. The lowest BCUT2D eigenvalue weighted by molar-refractivity contribution is -0.130. The Morgan fingerprint density at radius 1 is 1.30 bits per heavy atom. The molecule has 1 unspecified atom stereocenters. The lowest BCUT2D eigenvalue weighted by Gasteiger charge is -2.41. The summed E-state index contributed by atoms with van der Waals surface area (Å²) in [5.41, 5.74) is 0.737. The molecule has 2 aliphatic rings. The van der Waals surface area contributed by atoms with Crippen LogP contribution >= 0.6 is 11.6 Å². The van der Waals surface area contributed by atoms with Crippen molar-refractivity contribution in [3.63, 3.8) is 0 Å². The van der Waals surface area contributed by atoms with Crippen LogP contribution in [-0.2, 0) is 14.9 Å². The average Bonchev–Trinajstić information content (AvgIpc) is 2.90. The number of halogens is 1. The molecule has 4 heteroatoms. The van der Waals surface area contributed by atoms with Gasteiger partial charge < -0.3 is 10.1 Å². The third-order valence-electron chi connectivity index (χ3n) is 4.55. The van der Waals surface area contributed by atoms with E-state index in [1.54, 1.807) is 0 Å². The topological polar surface area (TPSA) is 38.3 Å². The number of carbonyl (C=O) groups is 1. The maximum atomic E-state index is 12.6. The van der Waals surface area contributed by atoms with Crippen molar-refractivity contribution in [2.75, 3.05) is 13.2 Å². The predicted molar refractivity (Wildman–Crippen MR) is 79.0 cm³/mol. The largest absolute Gasteiger partial charge is 0.376 e. The van der Waals surface area contributed by atoms with E-state index in [0.29, 0.717) is 11.6 Å². The zero-order valence-corrected chi connectivity index (χ0v) is 12.3. The maximum absolute atomic E-state index is 12.6. The number of nitrogens with one attached hydrogen (secondary N) is 1. The van der Waals surface area contributed by atoms with E-state index >= 15 is 0 Å². The van der Waals surface area contributed by atoms with Crippen LogP contribution in [0.1, 0.15) is 37.7 Å². The smallest absolute Gasteiger partial charge is 0.230 e. The molecule has 2 fully saturated rings. The van der Waals surface area contributed by atoms with Crippen LogP contribution in [0, 0.1) is 0 Å². The SMILES string of the molecule is O=C(NCC1CCCO1)C1(c2ccc(Cl)cc2)CCC1. The maximum Gasteiger partial charge on any atom is 0.230 e. The van der Waals surface area contributed by atoms with E-state index in [4.69, 9.17) is 16.3 Å². The average molecular weight is 294 g/mol. The standard InChI is InChI=1S/C16H20ClNO2/c17-13-6-4-12(5-7-13)16(8-2-9-16)15(19)18-11-14-3-1-10-20-14/h4-7,14H,1-3,8-11H2,(H,18,19). The Morgan fingerprint density at radius 3 is 2.60 bits per heavy atom. The number of benzene rings is 1. The van der Waals surface area contributed by atoms with Gasteiger partial charge in [0.1, 0.15) is 0 Å². The molecule has 3 rings (SSSR count). The van der Waals surface area contributed by atoms with Gasteiger partial charge in [0.25, 0.3) is 0 Å². The molecular weight excluding hydrogens is 274 g/mol. The zero-order valence-electron chi connectivity index (χ0n) is 11.5. The summed E-state index contributed by atoms with van der Waals surface area (Å²) in [7, 11) is 0. The Labute approximate surface area is 124 Å². The van der Waals surface area contributed by atoms with Gasteiger partial charge >= 0.3 is 0 Å². The summed E-state index contributed by atoms with van der Waals surface area (Å²) >= 11 is 5.93. The van der Waals surface area contributed by atoms with Gasteiger partial charge in [-0.15, -0.1) is 0 Å². The van der Waals surface area contributed by atoms with Gasteiger partial charge in [-0.3, -0.25) is 4.79 Å². The van der Waals surface area contributed by atoms with Gasteiger partial charge in [0.05, 0.1) is 11.5 Å². The Morgan fingerprint density at radius 2 is 2.05 bits per heavy atom. The van der Waals surface area contributed by atoms with Crippen molar-refractivity contribution in [2.24, 2.45) is 0 Å². The first-order valence-electron chi connectivity index (χ1n) is 7.37. The molecule has 3 nitrogen and oxygen atoms in total. The van der Waals surface area contributed by atoms with Gasteiger partial charge in [0.2, 0.25) is 5.91 Å². The lowest BCUT2D eigenvalue weighted by atomic mass is 9.64. The fourth-order valence-corrected chi connectivity index (χ4v) is 3.25. The van der Waals surface area contributed by atoms with Crippen LogP contribution in [0.15, 0.2) is 24.3 Å². The minimum absolute atomic E-state index is 0.140. The molecule has 108 valence electrons. The fourth-order valence-electron chi connectivity index (χ4n) is 3.13. The minimum Gasteiger partial charge on any atom is -0.376 e. The molecular formula is C16H20ClNO2. The molecule has 1 amide bonds. The third-order valence-corrected chi connectivity index (χ3v) is 4.80. The zero-order chi connectivity index (χ0) is 14.0. The molecule has 1 saturated carbocycles. The van der Waals surface area contributed by atoms with Gasteiger partial charge in [0, 0.05) is 18.2 Å². The fraction of sp³-hybridized carbons (Fsp3) is 0.562. The molecule has 1 aromatic rings. The van der Waals surface area contributed by atoms with Crippen LogP contribution in [0.25, 0.3) is 0 Å². The summed E-state index contributed by atoms with van der Waals surface area (Å²) in [5.74, 6) is 0.140. The molecule has 1 N–H and O–H groups in total. The Hall–Kier alpha value is -1.06. The van der Waals surface area contributed by atoms with E-state index in [0.717, 1.165) is 44.3 Å². The molecule has 0 radical (unpaired) electrons. The normalized spacial score (nSPS) is 24.1. The first kappa shape index (κ1) is 13.9. The minimum atomic E-state index is -0.344. The summed E-state index contributed by atoms with van der Waals surface area (Å²) in [5, 5.41) is 3.79. The number of hydrogen-bond donors (Lipinski definition) is 1. The van der Waals surface area contributed by atoms with E-state index in [1.165, 1.54) is 0 Å². The van der Waals surface area contributed by atoms with E-state index in [1.807, 2.05) is 24.3 Å². The van der Waals surface area contributed by atoms with Crippen molar-refractivity contribution in [1.82, 2.24) is 5.32 Å². The molecule has 1 heterocycles. The molecule has 0 aromatic heterocycles. The quantitative estimate of drug-likeness (QED) is 0.926. The van der Waals surface area contributed by atoms with Crippen molar-refractivity contribution in [3.8, 4) is 0 Å². The highest BCUT2D eigenvalue weighted by Crippen LogP contribution is 2.44. The summed E-state index contributed by atoms with van der Waals surface area (Å²) in [6.45, 7) is 1.46. The highest BCUT2D eigenvalue weighted by molar-refractivity contribution is 6.30. The van der Waals surface area contributed by atoms with Gasteiger partial charge in [0.15, 0.2) is 0 Å². The predicted octanol–water partition coefficient (Wildman–Crippen LogP) is 3.06. The van der Waals surface area contributed by atoms with Gasteiger partial charge in [-0.2, -0.15) is 0 Å². The molecule has 1 atom stereocenters. The summed E-state index contributed by atoms with van der Waals surface area (Å²) in [6.07, 6.45) is 5.30. The molecule has 1 aliphatic heterocycles. The third kappa shape index (κ3) is 2.57. The molecule has 20 heavy (non-hydrogen) atoms. The van der Waals surface area contributed by atoms with Crippen LogP contribution in [0.5, 0.6) is 0 Å².